The number of aromatic nitrogens is 2. The molecule has 1 aromatic rings. The molecule has 2 N–H and O–H groups in total. The maximum atomic E-state index is 5.35. The number of nitrogens with one attached hydrogen (secondary N) is 2. The summed E-state index contributed by atoms with van der Waals surface area (Å²) < 4.78 is 5.35. The molecule has 0 unspecified atom stereocenters. The predicted octanol–water partition coefficient (Wildman–Crippen LogP) is 2.14. The second-order valence-electron chi connectivity index (χ2n) is 4.65. The van der Waals surface area contributed by atoms with E-state index in [-0.39, 0.29) is 0 Å². The summed E-state index contributed by atoms with van der Waals surface area (Å²) in [5.41, 5.74) is 0. The molecule has 5 heteroatoms. The summed E-state index contributed by atoms with van der Waals surface area (Å²) >= 11 is 0. The van der Waals surface area contributed by atoms with Crippen LogP contribution in [0.5, 0.6) is 0 Å². The highest BCUT2D eigenvalue weighted by molar-refractivity contribution is 5.41. The van der Waals surface area contributed by atoms with E-state index in [1.54, 1.807) is 12.4 Å². The van der Waals surface area contributed by atoms with Gasteiger partial charge in [-0.2, -0.15) is 0 Å². The van der Waals surface area contributed by atoms with E-state index in [1.807, 2.05) is 0 Å². The van der Waals surface area contributed by atoms with E-state index in [9.17, 15) is 0 Å². The Morgan fingerprint density at radius 1 is 1.22 bits per heavy atom. The molecule has 1 aliphatic heterocycles. The molecule has 0 atom stereocenters. The molecule has 2 heterocycles. The Morgan fingerprint density at radius 3 is 2.67 bits per heavy atom. The van der Waals surface area contributed by atoms with Crippen LogP contribution < -0.4 is 10.6 Å². The largest absolute Gasteiger partial charge is 0.381 e. The Morgan fingerprint density at radius 2 is 1.94 bits per heavy atom. The van der Waals surface area contributed by atoms with Crippen LogP contribution in [0.1, 0.15) is 26.2 Å². The molecule has 0 bridgehead atoms. The van der Waals surface area contributed by atoms with E-state index >= 15 is 0 Å². The summed E-state index contributed by atoms with van der Waals surface area (Å²) in [6, 6.07) is 0. The molecular weight excluding hydrogens is 228 g/mol. The number of hydrogen-bond donors (Lipinski definition) is 2. The lowest BCUT2D eigenvalue weighted by molar-refractivity contribution is 0.0699. The average Bonchev–Trinajstić information content (AvgIpc) is 2.44. The van der Waals surface area contributed by atoms with Gasteiger partial charge in [-0.1, -0.05) is 6.92 Å². The minimum absolute atomic E-state index is 0.688. The third kappa shape index (κ3) is 4.14. The van der Waals surface area contributed by atoms with E-state index in [2.05, 4.69) is 27.5 Å². The maximum Gasteiger partial charge on any atom is 0.146 e. The Balaban J connectivity index is 1.80. The number of nitrogens with zero attached hydrogens (tertiary/aromatic N) is 2. The third-order valence-electron chi connectivity index (χ3n) is 3.10. The zero-order valence-electron chi connectivity index (χ0n) is 11.0. The van der Waals surface area contributed by atoms with E-state index in [0.29, 0.717) is 5.92 Å². The lowest BCUT2D eigenvalue weighted by Crippen LogP contribution is -2.23. The zero-order chi connectivity index (χ0) is 12.6. The molecule has 1 fully saturated rings. The molecule has 0 radical (unpaired) electrons. The summed E-state index contributed by atoms with van der Waals surface area (Å²) in [7, 11) is 0. The minimum atomic E-state index is 0.688. The molecule has 5 nitrogen and oxygen atoms in total. The molecule has 0 spiro atoms. The van der Waals surface area contributed by atoms with Crippen LogP contribution in [0.3, 0.4) is 0 Å². The molecule has 0 amide bonds. The van der Waals surface area contributed by atoms with Gasteiger partial charge in [0.15, 0.2) is 0 Å². The van der Waals surface area contributed by atoms with Gasteiger partial charge in [0.1, 0.15) is 11.6 Å². The van der Waals surface area contributed by atoms with Gasteiger partial charge < -0.3 is 15.4 Å². The highest BCUT2D eigenvalue weighted by Crippen LogP contribution is 2.15. The highest BCUT2D eigenvalue weighted by Gasteiger charge is 2.13. The van der Waals surface area contributed by atoms with Crippen LogP contribution in [-0.4, -0.2) is 36.3 Å². The number of ether oxygens (including phenoxy) is 1. The van der Waals surface area contributed by atoms with E-state index < -0.39 is 0 Å². The van der Waals surface area contributed by atoms with Gasteiger partial charge in [0.05, 0.1) is 12.4 Å². The highest BCUT2D eigenvalue weighted by atomic mass is 16.5. The van der Waals surface area contributed by atoms with Crippen LogP contribution in [0.2, 0.25) is 0 Å². The van der Waals surface area contributed by atoms with E-state index in [1.165, 1.54) is 0 Å². The summed E-state index contributed by atoms with van der Waals surface area (Å²) in [6.07, 6.45) is 6.88. The fourth-order valence-corrected chi connectivity index (χ4v) is 1.99. The van der Waals surface area contributed by atoms with Crippen molar-refractivity contribution >= 4 is 11.6 Å². The Bertz CT molecular complexity index is 353. The summed E-state index contributed by atoms with van der Waals surface area (Å²) in [6.45, 7) is 5.79. The van der Waals surface area contributed by atoms with Crippen molar-refractivity contribution in [3.8, 4) is 0 Å². The predicted molar refractivity (Wildman–Crippen MR) is 72.8 cm³/mol. The molecular formula is C13H22N4O. The van der Waals surface area contributed by atoms with Gasteiger partial charge in [0.2, 0.25) is 0 Å². The summed E-state index contributed by atoms with van der Waals surface area (Å²) in [5.74, 6) is 2.38. The SMILES string of the molecule is CCCNc1cncc(NCC2CCOCC2)n1. The normalized spacial score (nSPS) is 16.5. The maximum absolute atomic E-state index is 5.35. The first kappa shape index (κ1) is 13.1. The molecule has 0 saturated carbocycles. The number of rotatable bonds is 6. The smallest absolute Gasteiger partial charge is 0.146 e. The van der Waals surface area contributed by atoms with Gasteiger partial charge in [-0.3, -0.25) is 4.98 Å². The Hall–Kier alpha value is -1.36. The summed E-state index contributed by atoms with van der Waals surface area (Å²) in [4.78, 5) is 8.67. The monoisotopic (exact) mass is 250 g/mol. The summed E-state index contributed by atoms with van der Waals surface area (Å²) in [5, 5.41) is 6.60. The van der Waals surface area contributed by atoms with Crippen LogP contribution >= 0.6 is 0 Å². The Labute approximate surface area is 108 Å². The standard InChI is InChI=1S/C13H22N4O/c1-2-5-15-12-9-14-10-13(17-12)16-8-11-3-6-18-7-4-11/h9-11H,2-8H2,1H3,(H2,15,16,17). The van der Waals surface area contributed by atoms with Crippen molar-refractivity contribution in [2.45, 2.75) is 26.2 Å². The van der Waals surface area contributed by atoms with Crippen LogP contribution in [-0.2, 0) is 4.74 Å². The van der Waals surface area contributed by atoms with Crippen molar-refractivity contribution in [3.05, 3.63) is 12.4 Å². The first-order valence-electron chi connectivity index (χ1n) is 6.76. The molecule has 18 heavy (non-hydrogen) atoms. The average molecular weight is 250 g/mol. The second-order valence-corrected chi connectivity index (χ2v) is 4.65. The van der Waals surface area contributed by atoms with Crippen LogP contribution in [0.4, 0.5) is 11.6 Å². The molecule has 0 aliphatic carbocycles. The van der Waals surface area contributed by atoms with Crippen LogP contribution in [0.15, 0.2) is 12.4 Å². The molecule has 1 saturated heterocycles. The quantitative estimate of drug-likeness (QED) is 0.810. The fourth-order valence-electron chi connectivity index (χ4n) is 1.99. The van der Waals surface area contributed by atoms with Crippen molar-refractivity contribution in [1.29, 1.82) is 0 Å². The lowest BCUT2D eigenvalue weighted by Gasteiger charge is -2.22. The van der Waals surface area contributed by atoms with Gasteiger partial charge in [0.25, 0.3) is 0 Å². The third-order valence-corrected chi connectivity index (χ3v) is 3.10. The fraction of sp³-hybridized carbons (Fsp3) is 0.692. The Kier molecular flexibility index (Phi) is 5.20. The van der Waals surface area contributed by atoms with Gasteiger partial charge in [-0.25, -0.2) is 4.98 Å². The van der Waals surface area contributed by atoms with Crippen molar-refractivity contribution in [3.63, 3.8) is 0 Å². The molecule has 100 valence electrons. The first-order valence-corrected chi connectivity index (χ1v) is 6.76. The van der Waals surface area contributed by atoms with Crippen molar-refractivity contribution in [2.75, 3.05) is 36.9 Å². The second kappa shape index (κ2) is 7.16. The van der Waals surface area contributed by atoms with Gasteiger partial charge >= 0.3 is 0 Å². The zero-order valence-corrected chi connectivity index (χ0v) is 11.0. The molecule has 2 rings (SSSR count). The topological polar surface area (TPSA) is 59.1 Å². The minimum Gasteiger partial charge on any atom is -0.381 e. The van der Waals surface area contributed by atoms with Crippen molar-refractivity contribution in [1.82, 2.24) is 9.97 Å². The lowest BCUT2D eigenvalue weighted by atomic mass is 10.0. The van der Waals surface area contributed by atoms with Crippen LogP contribution in [0, 0.1) is 5.92 Å². The number of hydrogen-bond acceptors (Lipinski definition) is 5. The molecule has 1 aliphatic rings. The van der Waals surface area contributed by atoms with Gasteiger partial charge in [-0.15, -0.1) is 0 Å². The molecule has 1 aromatic heterocycles. The number of anilines is 2. The van der Waals surface area contributed by atoms with Crippen LogP contribution in [0.25, 0.3) is 0 Å². The van der Waals surface area contributed by atoms with E-state index in [4.69, 9.17) is 4.74 Å². The van der Waals surface area contributed by atoms with E-state index in [0.717, 1.165) is 57.2 Å². The van der Waals surface area contributed by atoms with Crippen molar-refractivity contribution < 1.29 is 4.74 Å². The first-order chi connectivity index (χ1) is 8.88. The molecule has 0 aromatic carbocycles. The van der Waals surface area contributed by atoms with Gasteiger partial charge in [-0.05, 0) is 25.2 Å². The van der Waals surface area contributed by atoms with Gasteiger partial charge in [0, 0.05) is 26.3 Å². The van der Waals surface area contributed by atoms with Crippen molar-refractivity contribution in [2.24, 2.45) is 5.92 Å².